The minimum atomic E-state index is -1.27. The third-order valence-electron chi connectivity index (χ3n) is 11.4. The van der Waals surface area contributed by atoms with Crippen LogP contribution in [0, 0.1) is 23.2 Å². The maximum absolute atomic E-state index is 14.5. The lowest BCUT2D eigenvalue weighted by Crippen LogP contribution is -2.72. The summed E-state index contributed by atoms with van der Waals surface area (Å²) in [6.45, 7) is 3.12. The molecule has 4 unspecified atom stereocenters. The van der Waals surface area contributed by atoms with Crippen LogP contribution in [0.5, 0.6) is 5.75 Å². The Morgan fingerprint density at radius 3 is 2.12 bits per heavy atom. The highest BCUT2D eigenvalue weighted by molar-refractivity contribution is 7.98. The summed E-state index contributed by atoms with van der Waals surface area (Å²) in [7, 11) is 0. The number of benzene rings is 2. The first-order chi connectivity index (χ1) is 24.1. The zero-order valence-electron chi connectivity index (χ0n) is 29.9. The van der Waals surface area contributed by atoms with Gasteiger partial charge >= 0.3 is 5.97 Å². The van der Waals surface area contributed by atoms with E-state index in [-0.39, 0.29) is 42.8 Å². The molecule has 12 nitrogen and oxygen atoms in total. The van der Waals surface area contributed by atoms with Crippen molar-refractivity contribution in [3.63, 3.8) is 0 Å². The molecule has 4 aliphatic rings. The van der Waals surface area contributed by atoms with Gasteiger partial charge in [-0.1, -0.05) is 56.3 Å². The lowest BCUT2D eigenvalue weighted by atomic mass is 9.41. The number of nitrogens with two attached hydrogens (primary N) is 2. The van der Waals surface area contributed by atoms with Gasteiger partial charge in [-0.2, -0.15) is 11.8 Å². The van der Waals surface area contributed by atoms with Gasteiger partial charge in [-0.25, -0.2) is 0 Å². The Morgan fingerprint density at radius 1 is 0.923 bits per heavy atom. The maximum Gasteiger partial charge on any atom is 0.310 e. The Hall–Kier alpha value is -3.65. The van der Waals surface area contributed by atoms with Crippen LogP contribution < -0.4 is 27.4 Å². The smallest absolute Gasteiger partial charge is 0.310 e. The third kappa shape index (κ3) is 8.59. The molecule has 6 rings (SSSR count). The molecule has 0 aliphatic heterocycles. The number of rotatable bonds is 16. The number of carboxylic acids is 1. The fraction of sp³-hybridized carbons (Fsp3) is 0.553. The van der Waals surface area contributed by atoms with Gasteiger partial charge in [0.25, 0.3) is 0 Å². The quantitative estimate of drug-likeness (QED) is 0.133. The molecule has 52 heavy (non-hydrogen) atoms. The first-order valence-corrected chi connectivity index (χ1v) is 19.0. The lowest BCUT2D eigenvalue weighted by Gasteiger charge is -2.63. The largest absolute Gasteiger partial charge is 0.508 e. The van der Waals surface area contributed by atoms with Crippen molar-refractivity contribution in [2.24, 2.45) is 34.6 Å². The van der Waals surface area contributed by atoms with E-state index in [4.69, 9.17) is 11.5 Å². The fourth-order valence-electron chi connectivity index (χ4n) is 9.07. The summed E-state index contributed by atoms with van der Waals surface area (Å²) in [5.41, 5.74) is 11.8. The van der Waals surface area contributed by atoms with Gasteiger partial charge in [-0.15, -0.1) is 12.4 Å². The van der Waals surface area contributed by atoms with E-state index in [0.717, 1.165) is 17.5 Å². The van der Waals surface area contributed by atoms with Gasteiger partial charge in [-0.05, 0) is 92.0 Å². The molecule has 4 fully saturated rings. The molecule has 3 amide bonds. The van der Waals surface area contributed by atoms with Gasteiger partial charge in [0.05, 0.1) is 30.0 Å². The highest BCUT2D eigenvalue weighted by atomic mass is 35.5. The van der Waals surface area contributed by atoms with Crippen LogP contribution in [0.15, 0.2) is 54.6 Å². The Kier molecular flexibility index (Phi) is 13.1. The first kappa shape index (κ1) is 41.1. The molecule has 0 heterocycles. The second-order valence-corrected chi connectivity index (χ2v) is 16.4. The summed E-state index contributed by atoms with van der Waals surface area (Å²) in [5.74, 6) is -3.17. The number of carbonyl (C=O) groups excluding carboxylic acids is 4. The van der Waals surface area contributed by atoms with Crippen LogP contribution in [0.3, 0.4) is 0 Å². The van der Waals surface area contributed by atoms with Crippen molar-refractivity contribution < 1.29 is 34.2 Å². The number of carboxylic acid groups (broad SMARTS) is 1. The number of amides is 3. The summed E-state index contributed by atoms with van der Waals surface area (Å²) in [6.07, 6.45) is 5.17. The molecule has 2 aromatic rings. The number of aliphatic carboxylic acids is 1. The number of nitrogens with one attached hydrogen (secondary N) is 3. The summed E-state index contributed by atoms with van der Waals surface area (Å²) in [5, 5.41) is 28.4. The van der Waals surface area contributed by atoms with Crippen molar-refractivity contribution in [3.8, 4) is 5.75 Å². The molecule has 2 aromatic carbocycles. The van der Waals surface area contributed by atoms with E-state index in [9.17, 15) is 34.2 Å². The van der Waals surface area contributed by atoms with Gasteiger partial charge in [0.15, 0.2) is 5.78 Å². The van der Waals surface area contributed by atoms with Crippen molar-refractivity contribution in [1.29, 1.82) is 0 Å². The molecule has 9 N–H and O–H groups in total. The van der Waals surface area contributed by atoms with Gasteiger partial charge < -0.3 is 37.6 Å². The lowest BCUT2D eigenvalue weighted by molar-refractivity contribution is -0.185. The summed E-state index contributed by atoms with van der Waals surface area (Å²) >= 11 is 1.49. The van der Waals surface area contributed by atoms with Crippen molar-refractivity contribution in [2.75, 3.05) is 18.6 Å². The van der Waals surface area contributed by atoms with E-state index in [1.54, 1.807) is 26.0 Å². The molecule has 0 spiro atoms. The van der Waals surface area contributed by atoms with Gasteiger partial charge in [0, 0.05) is 11.0 Å². The zero-order chi connectivity index (χ0) is 37.1. The highest BCUT2D eigenvalue weighted by Gasteiger charge is 2.68. The van der Waals surface area contributed by atoms with E-state index >= 15 is 0 Å². The van der Waals surface area contributed by atoms with Crippen molar-refractivity contribution in [2.45, 2.75) is 87.9 Å². The average Bonchev–Trinajstić information content (AvgIpc) is 3.07. The number of hydrogen-bond donors (Lipinski definition) is 7. The van der Waals surface area contributed by atoms with Crippen molar-refractivity contribution >= 4 is 53.6 Å². The minimum absolute atomic E-state index is 0. The maximum atomic E-state index is 14.5. The van der Waals surface area contributed by atoms with E-state index in [1.807, 2.05) is 36.6 Å². The average molecular weight is 758 g/mol. The third-order valence-corrected chi connectivity index (χ3v) is 12.1. The number of thioether (sulfide) groups is 1. The number of hydrogen-bond acceptors (Lipinski definition) is 9. The van der Waals surface area contributed by atoms with Gasteiger partial charge in [-0.3, -0.25) is 24.0 Å². The van der Waals surface area contributed by atoms with Crippen LogP contribution >= 0.6 is 24.2 Å². The number of halogens is 1. The minimum Gasteiger partial charge on any atom is -0.508 e. The van der Waals surface area contributed by atoms with Gasteiger partial charge in [0.2, 0.25) is 17.7 Å². The van der Waals surface area contributed by atoms with Crippen LogP contribution in [0.2, 0.25) is 0 Å². The van der Waals surface area contributed by atoms with Crippen LogP contribution in [0.25, 0.3) is 0 Å². The number of phenolic OH excluding ortho intramolecular Hbond substituents is 1. The number of phenols is 1. The van der Waals surface area contributed by atoms with Crippen molar-refractivity contribution in [1.82, 2.24) is 16.0 Å². The molecule has 6 atom stereocenters. The number of Topliss-reactive ketones (excluding diaryl/α,β-unsaturated/α-hetero) is 1. The van der Waals surface area contributed by atoms with E-state index < -0.39 is 76.4 Å². The standard InChI is InChI=1S/C38H51N5O7S.ClH/c1-36(2,25-9-11-26(44)12-10-25)32(39)34(48)43-27(13-14-51-3)33(47)41-21-29(45)42-28(16-22-7-5-4-6-8-22)30(46)31-37(35(49)50)17-23-15-24(18-37)20-38(31,40)19-23;/h4-12,23-24,27-28,31-32,44H,13-21,39-40H2,1-3H3,(H,41,47)(H,42,45)(H,43,48)(H,49,50);1H/t23?,24?,27-,28+,31?,32?,37?,38?;/m1./s1. The fourth-order valence-corrected chi connectivity index (χ4v) is 9.54. The molecule has 0 radical (unpaired) electrons. The van der Waals surface area contributed by atoms with E-state index in [0.29, 0.717) is 31.4 Å². The van der Waals surface area contributed by atoms with Crippen LogP contribution in [0.1, 0.15) is 63.5 Å². The topological polar surface area (TPSA) is 214 Å². The molecule has 4 bridgehead atoms. The Balaban J connectivity index is 0.00000605. The predicted molar refractivity (Wildman–Crippen MR) is 202 cm³/mol. The Labute approximate surface area is 315 Å². The number of ketones is 1. The molecule has 0 aromatic heterocycles. The first-order valence-electron chi connectivity index (χ1n) is 17.6. The van der Waals surface area contributed by atoms with Crippen LogP contribution in [0.4, 0.5) is 0 Å². The SMILES string of the molecule is CSCC[C@@H](NC(=O)C(N)C(C)(C)c1ccc(O)cc1)C(=O)NCC(=O)N[C@@H](Cc1ccccc1)C(=O)C1C2(N)CC3CC(C2)CC1(C(=O)O)C3.Cl. The predicted octanol–water partition coefficient (Wildman–Crippen LogP) is 2.68. The van der Waals surface area contributed by atoms with Crippen molar-refractivity contribution in [3.05, 3.63) is 65.7 Å². The summed E-state index contributed by atoms with van der Waals surface area (Å²) < 4.78 is 0. The Bertz CT molecular complexity index is 1610. The monoisotopic (exact) mass is 757 g/mol. The molecular weight excluding hydrogens is 706 g/mol. The highest BCUT2D eigenvalue weighted by Crippen LogP contribution is 2.64. The molecular formula is C38H52ClN5O7S. The van der Waals surface area contributed by atoms with E-state index in [1.165, 1.54) is 23.9 Å². The Morgan fingerprint density at radius 2 is 1.54 bits per heavy atom. The molecule has 0 saturated heterocycles. The summed E-state index contributed by atoms with van der Waals surface area (Å²) in [4.78, 5) is 67.6. The number of aromatic hydroxyl groups is 1. The number of carbonyl (C=O) groups is 5. The second kappa shape index (κ2) is 16.6. The molecule has 14 heteroatoms. The van der Waals surface area contributed by atoms with Crippen LogP contribution in [-0.2, 0) is 35.8 Å². The zero-order valence-corrected chi connectivity index (χ0v) is 31.6. The van der Waals surface area contributed by atoms with Crippen LogP contribution in [-0.4, -0.2) is 81.9 Å². The molecule has 284 valence electrons. The second-order valence-electron chi connectivity index (χ2n) is 15.4. The van der Waals surface area contributed by atoms with Gasteiger partial charge in [0.1, 0.15) is 11.8 Å². The summed E-state index contributed by atoms with van der Waals surface area (Å²) in [6, 6.07) is 12.5. The molecule has 4 saturated carbocycles. The van der Waals surface area contributed by atoms with E-state index in [2.05, 4.69) is 16.0 Å². The molecule has 4 aliphatic carbocycles. The normalized spacial score (nSPS) is 26.3.